The van der Waals surface area contributed by atoms with Gasteiger partial charge in [-0.1, -0.05) is 84.5 Å². The predicted molar refractivity (Wildman–Crippen MR) is 162 cm³/mol. The molecule has 4 heteroatoms. The second kappa shape index (κ2) is 11.0. The van der Waals surface area contributed by atoms with Crippen molar-refractivity contribution >= 4 is 0 Å². The van der Waals surface area contributed by atoms with Crippen molar-refractivity contribution in [3.63, 3.8) is 0 Å². The molecule has 4 nitrogen and oxygen atoms in total. The van der Waals surface area contributed by atoms with Crippen LogP contribution in [0.1, 0.15) is 47.4 Å². The van der Waals surface area contributed by atoms with Crippen molar-refractivity contribution < 1.29 is 18.9 Å². The lowest BCUT2D eigenvalue weighted by Gasteiger charge is -2.42. The average molecular weight is 547 g/mol. The van der Waals surface area contributed by atoms with Crippen molar-refractivity contribution in [3.8, 4) is 5.75 Å². The number of benzene rings is 2. The molecule has 0 spiro atoms. The predicted octanol–water partition coefficient (Wildman–Crippen LogP) is 7.28. The zero-order valence-electron chi connectivity index (χ0n) is 23.6. The van der Waals surface area contributed by atoms with Crippen LogP contribution in [0, 0.1) is 5.92 Å². The normalized spacial score (nSPS) is 28.9. The molecule has 3 aliphatic carbocycles. The Bertz CT molecular complexity index is 1470. The zero-order valence-corrected chi connectivity index (χ0v) is 23.6. The van der Waals surface area contributed by atoms with Gasteiger partial charge in [0.2, 0.25) is 0 Å². The van der Waals surface area contributed by atoms with E-state index in [1.807, 2.05) is 12.2 Å². The molecule has 2 heterocycles. The molecular weight excluding hydrogens is 508 g/mol. The molecule has 2 aliphatic heterocycles. The molecule has 41 heavy (non-hydrogen) atoms. The Balaban J connectivity index is 1.40. The van der Waals surface area contributed by atoms with Gasteiger partial charge in [0.15, 0.2) is 0 Å². The van der Waals surface area contributed by atoms with Crippen LogP contribution < -0.4 is 4.74 Å². The molecule has 5 atom stereocenters. The first-order valence-corrected chi connectivity index (χ1v) is 14.9. The summed E-state index contributed by atoms with van der Waals surface area (Å²) < 4.78 is 23.4. The molecule has 7 rings (SSSR count). The van der Waals surface area contributed by atoms with E-state index >= 15 is 0 Å². The third-order valence-corrected chi connectivity index (χ3v) is 9.13. The molecule has 5 aliphatic rings. The number of hydrogen-bond acceptors (Lipinski definition) is 4. The molecule has 4 unspecified atom stereocenters. The van der Waals surface area contributed by atoms with Crippen molar-refractivity contribution in [1.29, 1.82) is 0 Å². The number of rotatable bonds is 12. The number of hydrogen-bond donors (Lipinski definition) is 0. The molecule has 0 N–H and O–H groups in total. The fourth-order valence-electron chi connectivity index (χ4n) is 7.13. The van der Waals surface area contributed by atoms with E-state index in [0.29, 0.717) is 19.1 Å². The molecular formula is C37H38O4. The Morgan fingerprint density at radius 3 is 2.41 bits per heavy atom. The highest BCUT2D eigenvalue weighted by atomic mass is 16.6. The van der Waals surface area contributed by atoms with Gasteiger partial charge in [0, 0.05) is 23.7 Å². The van der Waals surface area contributed by atoms with E-state index in [2.05, 4.69) is 86.0 Å². The van der Waals surface area contributed by atoms with E-state index < -0.39 is 0 Å². The third-order valence-electron chi connectivity index (χ3n) is 9.13. The van der Waals surface area contributed by atoms with Crippen molar-refractivity contribution in [3.05, 3.63) is 137 Å². The van der Waals surface area contributed by atoms with E-state index in [1.165, 1.54) is 33.4 Å². The van der Waals surface area contributed by atoms with Crippen molar-refractivity contribution in [2.75, 3.05) is 26.4 Å². The fourth-order valence-corrected chi connectivity index (χ4v) is 7.13. The molecule has 2 saturated heterocycles. The van der Waals surface area contributed by atoms with E-state index in [9.17, 15) is 0 Å². The number of epoxide rings is 2. The highest BCUT2D eigenvalue weighted by Gasteiger charge is 2.54. The Morgan fingerprint density at radius 2 is 1.63 bits per heavy atom. The maximum atomic E-state index is 6.32. The molecule has 2 aromatic rings. The van der Waals surface area contributed by atoms with Crippen molar-refractivity contribution in [2.45, 2.75) is 49.2 Å². The highest BCUT2D eigenvalue weighted by molar-refractivity contribution is 5.64. The topological polar surface area (TPSA) is 43.5 Å². The Hall–Kier alpha value is -3.60. The number of ether oxygens (including phenoxy) is 4. The van der Waals surface area contributed by atoms with Crippen LogP contribution >= 0.6 is 0 Å². The summed E-state index contributed by atoms with van der Waals surface area (Å²) in [6, 6.07) is 15.9. The maximum absolute atomic E-state index is 6.32. The van der Waals surface area contributed by atoms with Gasteiger partial charge in [-0.05, 0) is 53.2 Å². The smallest absolute Gasteiger partial charge is 0.122 e. The summed E-state index contributed by atoms with van der Waals surface area (Å²) >= 11 is 0. The summed E-state index contributed by atoms with van der Waals surface area (Å²) in [5.41, 5.74) is 7.65. The average Bonchev–Trinajstić information content (AvgIpc) is 3.94. The van der Waals surface area contributed by atoms with Gasteiger partial charge in [-0.25, -0.2) is 0 Å². The standard InChI is InChI=1S/C37H38O4/c1-3-9-25-19-27(15-17-35(25)40-23-29-21-38-29)37(33-13-7-5-11-31(33)32-12-6-8-14-34(32)37)28-16-18-36(26(20-28)10-4-2)41-24-30-22-39-30/h3-8,11-15,17,19-20,29-31,33H,1-2,9-10,16,18,21-24H2/t29?,30-,31?,33?,37?/m0/s1. The van der Waals surface area contributed by atoms with Gasteiger partial charge < -0.3 is 18.9 Å². The lowest BCUT2D eigenvalue weighted by molar-refractivity contribution is 0.171. The minimum absolute atomic E-state index is 0.213. The van der Waals surface area contributed by atoms with Crippen LogP contribution in [-0.4, -0.2) is 38.6 Å². The second-order valence-corrected chi connectivity index (χ2v) is 11.7. The summed E-state index contributed by atoms with van der Waals surface area (Å²) in [5, 5.41) is 0. The first kappa shape index (κ1) is 26.3. The zero-order chi connectivity index (χ0) is 27.8. The first-order chi connectivity index (χ1) is 20.2. The van der Waals surface area contributed by atoms with E-state index in [0.717, 1.165) is 50.4 Å². The molecule has 0 radical (unpaired) electrons. The Morgan fingerprint density at radius 1 is 0.878 bits per heavy atom. The van der Waals surface area contributed by atoms with Crippen molar-refractivity contribution in [2.24, 2.45) is 5.92 Å². The van der Waals surface area contributed by atoms with Crippen molar-refractivity contribution in [1.82, 2.24) is 0 Å². The summed E-state index contributed by atoms with van der Waals surface area (Å²) in [7, 11) is 0. The van der Waals surface area contributed by atoms with Crippen LogP contribution in [0.5, 0.6) is 5.75 Å². The van der Waals surface area contributed by atoms with Crippen LogP contribution in [0.3, 0.4) is 0 Å². The molecule has 0 saturated carbocycles. The van der Waals surface area contributed by atoms with Gasteiger partial charge in [0.05, 0.1) is 19.0 Å². The molecule has 210 valence electrons. The van der Waals surface area contributed by atoms with Crippen LogP contribution in [0.2, 0.25) is 0 Å². The highest BCUT2D eigenvalue weighted by Crippen LogP contribution is 2.61. The molecule has 0 amide bonds. The van der Waals surface area contributed by atoms with Gasteiger partial charge in [-0.15, -0.1) is 13.2 Å². The van der Waals surface area contributed by atoms with E-state index in [-0.39, 0.29) is 23.5 Å². The number of fused-ring (bicyclic) bond motifs is 3. The minimum Gasteiger partial charge on any atom is -0.495 e. The molecule has 0 bridgehead atoms. The Kier molecular flexibility index (Phi) is 7.06. The summed E-state index contributed by atoms with van der Waals surface area (Å²) in [6.07, 6.45) is 19.4. The molecule has 2 fully saturated rings. The van der Waals surface area contributed by atoms with Crippen LogP contribution in [0.15, 0.2) is 115 Å². The number of allylic oxidation sites excluding steroid dienone is 10. The second-order valence-electron chi connectivity index (χ2n) is 11.7. The summed E-state index contributed by atoms with van der Waals surface area (Å²) in [4.78, 5) is 0. The quantitative estimate of drug-likeness (QED) is 0.207. The third kappa shape index (κ3) is 4.83. The van der Waals surface area contributed by atoms with E-state index in [1.54, 1.807) is 0 Å². The largest absolute Gasteiger partial charge is 0.495 e. The first-order valence-electron chi connectivity index (χ1n) is 14.9. The van der Waals surface area contributed by atoms with Gasteiger partial charge in [0.25, 0.3) is 0 Å². The van der Waals surface area contributed by atoms with Gasteiger partial charge in [0.1, 0.15) is 31.2 Å². The van der Waals surface area contributed by atoms with Gasteiger partial charge in [-0.3, -0.25) is 0 Å². The van der Waals surface area contributed by atoms with Gasteiger partial charge in [-0.2, -0.15) is 0 Å². The molecule has 0 aromatic heterocycles. The van der Waals surface area contributed by atoms with Crippen LogP contribution in [0.4, 0.5) is 0 Å². The fraction of sp³-hybridized carbons (Fsp3) is 0.351. The Labute approximate surface area is 243 Å². The molecule has 2 aromatic carbocycles. The van der Waals surface area contributed by atoms with Crippen LogP contribution in [-0.2, 0) is 26.0 Å². The monoisotopic (exact) mass is 546 g/mol. The van der Waals surface area contributed by atoms with Crippen LogP contribution in [0.25, 0.3) is 0 Å². The maximum Gasteiger partial charge on any atom is 0.122 e. The van der Waals surface area contributed by atoms with E-state index in [4.69, 9.17) is 18.9 Å². The van der Waals surface area contributed by atoms with Gasteiger partial charge >= 0.3 is 0 Å². The summed E-state index contributed by atoms with van der Waals surface area (Å²) in [6.45, 7) is 10.9. The lowest BCUT2D eigenvalue weighted by atomic mass is 9.60. The summed E-state index contributed by atoms with van der Waals surface area (Å²) in [5.74, 6) is 2.59. The lowest BCUT2D eigenvalue weighted by Crippen LogP contribution is -2.37. The minimum atomic E-state index is -0.311. The SMILES string of the molecule is C=CCC1=C(OC[C@@H]2CO2)CCC(C2(c3ccc(OCC4CO4)c(CC=C)c3)c3ccccc3C3C=CC=CC32)=C1.